The highest BCUT2D eigenvalue weighted by Gasteiger charge is 2.33. The topological polar surface area (TPSA) is 119 Å². The number of hydrogen-bond donors (Lipinski definition) is 2. The predicted octanol–water partition coefficient (Wildman–Crippen LogP) is 2.74. The molecule has 0 saturated carbocycles. The molecule has 0 bridgehead atoms. The van der Waals surface area contributed by atoms with E-state index in [1.807, 2.05) is 0 Å². The normalized spacial score (nSPS) is 18.9. The minimum atomic E-state index is -3.71. The predicted molar refractivity (Wildman–Crippen MR) is 121 cm³/mol. The monoisotopic (exact) mass is 493 g/mol. The van der Waals surface area contributed by atoms with E-state index in [0.29, 0.717) is 40.5 Å². The third-order valence-electron chi connectivity index (χ3n) is 5.82. The van der Waals surface area contributed by atoms with Gasteiger partial charge in [0.2, 0.25) is 0 Å². The number of sulfonamides is 1. The fourth-order valence-corrected chi connectivity index (χ4v) is 6.78. The summed E-state index contributed by atoms with van der Waals surface area (Å²) in [7, 11) is -3.71. The van der Waals surface area contributed by atoms with Gasteiger partial charge >= 0.3 is 0 Å². The Bertz CT molecular complexity index is 1340. The number of carbonyl (C=O) groups excluding carboxylic acids is 1. The molecule has 0 radical (unpaired) electrons. The van der Waals surface area contributed by atoms with Crippen LogP contribution in [0.1, 0.15) is 26.8 Å². The number of aromatic amines is 1. The molecule has 1 aromatic carbocycles. The number of amides is 1. The second kappa shape index (κ2) is 8.14. The molecule has 168 valence electrons. The molecule has 1 aliphatic carbocycles. The maximum absolute atomic E-state index is 13.1. The van der Waals surface area contributed by atoms with Crippen molar-refractivity contribution in [2.45, 2.75) is 24.3 Å². The molecule has 2 aliphatic rings. The molecule has 3 heterocycles. The van der Waals surface area contributed by atoms with E-state index in [2.05, 4.69) is 15.1 Å². The number of piperazine rings is 1. The summed E-state index contributed by atoms with van der Waals surface area (Å²) < 4.78 is 27.6. The van der Waals surface area contributed by atoms with Crippen LogP contribution in [0, 0.1) is 0 Å². The first kappa shape index (κ1) is 21.4. The van der Waals surface area contributed by atoms with Gasteiger partial charge in [0.05, 0.1) is 11.4 Å². The van der Waals surface area contributed by atoms with Gasteiger partial charge in [-0.05, 0) is 37.1 Å². The molecule has 0 spiro atoms. The molecule has 1 fully saturated rings. The van der Waals surface area contributed by atoms with Gasteiger partial charge < -0.3 is 15.1 Å². The molecule has 1 saturated heterocycles. The molecule has 0 atom stereocenters. The van der Waals surface area contributed by atoms with Crippen LogP contribution in [0.2, 0.25) is 5.02 Å². The van der Waals surface area contributed by atoms with Gasteiger partial charge in [0.1, 0.15) is 5.03 Å². The Hall–Kier alpha value is -2.47. The highest BCUT2D eigenvalue weighted by Crippen LogP contribution is 2.28. The van der Waals surface area contributed by atoms with Crippen LogP contribution >= 0.6 is 22.9 Å². The lowest BCUT2D eigenvalue weighted by atomic mass is 10.0. The largest absolute Gasteiger partial charge is 0.411 e. The number of hydrogen-bond acceptors (Lipinski definition) is 7. The van der Waals surface area contributed by atoms with Gasteiger partial charge in [0, 0.05) is 53.4 Å². The van der Waals surface area contributed by atoms with E-state index in [4.69, 9.17) is 16.8 Å². The lowest BCUT2D eigenvalue weighted by Crippen LogP contribution is -2.50. The van der Waals surface area contributed by atoms with Crippen LogP contribution in [0.15, 0.2) is 34.4 Å². The van der Waals surface area contributed by atoms with E-state index < -0.39 is 10.0 Å². The molecule has 1 amide bonds. The van der Waals surface area contributed by atoms with Crippen molar-refractivity contribution < 1.29 is 18.4 Å². The molecule has 32 heavy (non-hydrogen) atoms. The summed E-state index contributed by atoms with van der Waals surface area (Å²) in [5.41, 5.74) is 2.27. The SMILES string of the molecule is O=C(c1nc2c(s1)CC(=NO)CC2)N1CCN(S(=O)(=O)c2cc3cc(Cl)ccc3[nH]2)CC1. The summed E-state index contributed by atoms with van der Waals surface area (Å²) in [6.45, 7) is 0.989. The minimum absolute atomic E-state index is 0.114. The number of rotatable bonds is 3. The van der Waals surface area contributed by atoms with Crippen molar-refractivity contribution in [2.75, 3.05) is 26.2 Å². The van der Waals surface area contributed by atoms with Gasteiger partial charge in [-0.1, -0.05) is 16.8 Å². The Morgan fingerprint density at radius 1 is 1.19 bits per heavy atom. The maximum Gasteiger partial charge on any atom is 0.282 e. The van der Waals surface area contributed by atoms with Crippen molar-refractivity contribution in [1.82, 2.24) is 19.2 Å². The van der Waals surface area contributed by atoms with Crippen molar-refractivity contribution >= 4 is 55.5 Å². The van der Waals surface area contributed by atoms with E-state index in [0.717, 1.165) is 16.0 Å². The molecule has 2 N–H and O–H groups in total. The second-order valence-electron chi connectivity index (χ2n) is 7.79. The van der Waals surface area contributed by atoms with E-state index in [9.17, 15) is 13.2 Å². The molecular formula is C20H20ClN5O4S2. The minimum Gasteiger partial charge on any atom is -0.411 e. The number of aromatic nitrogens is 2. The molecule has 3 aromatic rings. The second-order valence-corrected chi connectivity index (χ2v) is 11.2. The molecule has 0 unspecified atom stereocenters. The number of fused-ring (bicyclic) bond motifs is 2. The first-order chi connectivity index (χ1) is 15.3. The zero-order valence-electron chi connectivity index (χ0n) is 16.9. The smallest absolute Gasteiger partial charge is 0.282 e. The average Bonchev–Trinajstić information content (AvgIpc) is 3.42. The molecule has 12 heteroatoms. The molecule has 9 nitrogen and oxygen atoms in total. The number of aryl methyl sites for hydroxylation is 1. The Balaban J connectivity index is 1.28. The van der Waals surface area contributed by atoms with Crippen molar-refractivity contribution in [3.05, 3.63) is 44.9 Å². The van der Waals surface area contributed by atoms with Crippen molar-refractivity contribution in [3.63, 3.8) is 0 Å². The van der Waals surface area contributed by atoms with Gasteiger partial charge in [-0.2, -0.15) is 4.31 Å². The third kappa shape index (κ3) is 3.79. The first-order valence-electron chi connectivity index (χ1n) is 10.1. The summed E-state index contributed by atoms with van der Waals surface area (Å²) in [6, 6.07) is 6.75. The molecular weight excluding hydrogens is 474 g/mol. The number of H-pyrrole nitrogens is 1. The number of carbonyl (C=O) groups is 1. The Kier molecular flexibility index (Phi) is 5.44. The van der Waals surface area contributed by atoms with Gasteiger partial charge in [-0.15, -0.1) is 11.3 Å². The van der Waals surface area contributed by atoms with E-state index in [1.165, 1.54) is 15.6 Å². The van der Waals surface area contributed by atoms with Crippen LogP contribution in [-0.4, -0.2) is 70.6 Å². The third-order valence-corrected chi connectivity index (χ3v) is 8.96. The summed E-state index contributed by atoms with van der Waals surface area (Å²) in [4.78, 5) is 23.0. The Labute approximate surface area is 193 Å². The lowest BCUT2D eigenvalue weighted by Gasteiger charge is -2.33. The van der Waals surface area contributed by atoms with Gasteiger partial charge in [0.15, 0.2) is 5.01 Å². The molecule has 1 aliphatic heterocycles. The van der Waals surface area contributed by atoms with Crippen molar-refractivity contribution in [2.24, 2.45) is 5.16 Å². The number of halogens is 1. The fraction of sp³-hybridized carbons (Fsp3) is 0.350. The lowest BCUT2D eigenvalue weighted by molar-refractivity contribution is 0.0697. The molecule has 2 aromatic heterocycles. The summed E-state index contributed by atoms with van der Waals surface area (Å²) in [5, 5.41) is 14.1. The maximum atomic E-state index is 13.1. The number of thiazole rings is 1. The standard InChI is InChI=1S/C20H20ClN5O4S2/c21-13-1-3-15-12(9-13)10-18(22-15)32(29,30)26-7-5-25(6-8-26)20(27)19-23-16-4-2-14(24-28)11-17(16)31-19/h1,3,9-10,22,28H,2,4-8,11H2. The fourth-order valence-electron chi connectivity index (χ4n) is 4.05. The first-order valence-corrected chi connectivity index (χ1v) is 12.7. The van der Waals surface area contributed by atoms with E-state index in [-0.39, 0.29) is 37.1 Å². The van der Waals surface area contributed by atoms with Crippen LogP contribution < -0.4 is 0 Å². The van der Waals surface area contributed by atoms with Gasteiger partial charge in [-0.3, -0.25) is 4.79 Å². The number of oxime groups is 1. The van der Waals surface area contributed by atoms with Crippen LogP contribution in [0.5, 0.6) is 0 Å². The quantitative estimate of drug-likeness (QED) is 0.429. The van der Waals surface area contributed by atoms with E-state index >= 15 is 0 Å². The molecule has 5 rings (SSSR count). The van der Waals surface area contributed by atoms with Crippen LogP contribution in [0.3, 0.4) is 0 Å². The highest BCUT2D eigenvalue weighted by molar-refractivity contribution is 7.89. The van der Waals surface area contributed by atoms with Crippen molar-refractivity contribution in [3.8, 4) is 0 Å². The number of benzene rings is 1. The zero-order valence-corrected chi connectivity index (χ0v) is 19.3. The zero-order chi connectivity index (χ0) is 22.5. The summed E-state index contributed by atoms with van der Waals surface area (Å²) in [5.74, 6) is -0.191. The number of nitrogens with one attached hydrogen (secondary N) is 1. The number of nitrogens with zero attached hydrogens (tertiary/aromatic N) is 4. The summed E-state index contributed by atoms with van der Waals surface area (Å²) in [6.07, 6.45) is 1.80. The van der Waals surface area contributed by atoms with Gasteiger partial charge in [0.25, 0.3) is 15.9 Å². The van der Waals surface area contributed by atoms with Crippen LogP contribution in [0.25, 0.3) is 10.9 Å². The summed E-state index contributed by atoms with van der Waals surface area (Å²) >= 11 is 7.32. The van der Waals surface area contributed by atoms with Crippen LogP contribution in [-0.2, 0) is 22.9 Å². The van der Waals surface area contributed by atoms with E-state index in [1.54, 1.807) is 29.2 Å². The Morgan fingerprint density at radius 3 is 2.72 bits per heavy atom. The van der Waals surface area contributed by atoms with Gasteiger partial charge in [-0.25, -0.2) is 13.4 Å². The Morgan fingerprint density at radius 2 is 1.97 bits per heavy atom. The highest BCUT2D eigenvalue weighted by atomic mass is 35.5. The average molecular weight is 494 g/mol. The van der Waals surface area contributed by atoms with Crippen molar-refractivity contribution in [1.29, 1.82) is 0 Å². The van der Waals surface area contributed by atoms with Crippen LogP contribution in [0.4, 0.5) is 0 Å².